The van der Waals surface area contributed by atoms with Gasteiger partial charge in [-0.3, -0.25) is 4.90 Å². The average Bonchev–Trinajstić information content (AvgIpc) is 2.48. The summed E-state index contributed by atoms with van der Waals surface area (Å²) in [6.07, 6.45) is 0.582. The lowest BCUT2D eigenvalue weighted by molar-refractivity contribution is -0.140. The molecule has 1 aliphatic rings. The Morgan fingerprint density at radius 1 is 1.38 bits per heavy atom. The molecule has 0 spiro atoms. The van der Waals surface area contributed by atoms with Gasteiger partial charge in [-0.1, -0.05) is 37.3 Å². The minimum atomic E-state index is -0.823. The molecule has 0 amide bonds. The molecule has 1 atom stereocenters. The number of ether oxygens (including phenoxy) is 1. The van der Waals surface area contributed by atoms with Gasteiger partial charge in [0.1, 0.15) is 0 Å². The summed E-state index contributed by atoms with van der Waals surface area (Å²) in [5.74, 6) is -1.48. The van der Waals surface area contributed by atoms with Crippen molar-refractivity contribution < 1.29 is 13.9 Å². The van der Waals surface area contributed by atoms with E-state index in [1.54, 1.807) is 6.92 Å². The van der Waals surface area contributed by atoms with Gasteiger partial charge in [0.05, 0.1) is 6.61 Å². The number of piperidine rings is 1. The van der Waals surface area contributed by atoms with E-state index in [9.17, 15) is 9.18 Å². The molecule has 114 valence electrons. The van der Waals surface area contributed by atoms with Gasteiger partial charge in [-0.25, -0.2) is 4.79 Å². The van der Waals surface area contributed by atoms with E-state index in [4.69, 9.17) is 4.74 Å². The van der Waals surface area contributed by atoms with Crippen LogP contribution in [0.3, 0.4) is 0 Å². The number of carbonyl (C=O) groups excluding carboxylic acids is 1. The molecular formula is C17H22FNO2. The molecule has 3 nitrogen and oxygen atoms in total. The second-order valence-electron chi connectivity index (χ2n) is 5.43. The van der Waals surface area contributed by atoms with Gasteiger partial charge in [0, 0.05) is 19.6 Å². The van der Waals surface area contributed by atoms with Crippen molar-refractivity contribution in [2.75, 3.05) is 19.7 Å². The molecule has 1 unspecified atom stereocenters. The van der Waals surface area contributed by atoms with E-state index < -0.39 is 11.8 Å². The third kappa shape index (κ3) is 4.14. The Labute approximate surface area is 125 Å². The summed E-state index contributed by atoms with van der Waals surface area (Å²) in [5, 5.41) is 0. The van der Waals surface area contributed by atoms with E-state index in [0.29, 0.717) is 12.0 Å². The van der Waals surface area contributed by atoms with Gasteiger partial charge in [0.15, 0.2) is 0 Å². The monoisotopic (exact) mass is 291 g/mol. The standard InChI is InChI=1S/C17H22FNO2/c1-3-21-17(20)16(18)15-9-10-19(11-13(15)2)12-14-7-5-4-6-8-14/h4-8,13H,3,9-12H2,1-2H3/b16-15+. The fourth-order valence-electron chi connectivity index (χ4n) is 2.75. The van der Waals surface area contributed by atoms with Crippen LogP contribution < -0.4 is 0 Å². The van der Waals surface area contributed by atoms with Crippen LogP contribution in [0.15, 0.2) is 41.7 Å². The lowest BCUT2D eigenvalue weighted by Gasteiger charge is -2.33. The fourth-order valence-corrected chi connectivity index (χ4v) is 2.75. The van der Waals surface area contributed by atoms with Gasteiger partial charge in [-0.15, -0.1) is 0 Å². The van der Waals surface area contributed by atoms with E-state index in [2.05, 4.69) is 17.0 Å². The van der Waals surface area contributed by atoms with Gasteiger partial charge in [-0.2, -0.15) is 4.39 Å². The summed E-state index contributed by atoms with van der Waals surface area (Å²) in [4.78, 5) is 13.8. The molecule has 0 aliphatic carbocycles. The maximum absolute atomic E-state index is 14.1. The molecule has 4 heteroatoms. The normalized spacial score (nSPS) is 22.0. The molecule has 0 bridgehead atoms. The first kappa shape index (κ1) is 15.7. The van der Waals surface area contributed by atoms with Crippen LogP contribution in [0.2, 0.25) is 0 Å². The molecule has 0 radical (unpaired) electrons. The molecule has 2 rings (SSSR count). The number of rotatable bonds is 4. The summed E-state index contributed by atoms with van der Waals surface area (Å²) in [6.45, 7) is 6.24. The van der Waals surface area contributed by atoms with Crippen molar-refractivity contribution in [3.8, 4) is 0 Å². The van der Waals surface area contributed by atoms with E-state index >= 15 is 0 Å². The predicted molar refractivity (Wildman–Crippen MR) is 80.3 cm³/mol. The van der Waals surface area contributed by atoms with Crippen LogP contribution in [0, 0.1) is 5.92 Å². The second-order valence-corrected chi connectivity index (χ2v) is 5.43. The van der Waals surface area contributed by atoms with Crippen molar-refractivity contribution >= 4 is 5.97 Å². The van der Waals surface area contributed by atoms with E-state index in [1.165, 1.54) is 5.56 Å². The Kier molecular flexibility index (Phi) is 5.51. The minimum absolute atomic E-state index is 0.0341. The van der Waals surface area contributed by atoms with E-state index in [1.807, 2.05) is 25.1 Å². The minimum Gasteiger partial charge on any atom is -0.461 e. The second kappa shape index (κ2) is 7.36. The quantitative estimate of drug-likeness (QED) is 0.629. The Bertz CT molecular complexity index is 513. The van der Waals surface area contributed by atoms with Crippen molar-refractivity contribution in [2.24, 2.45) is 5.92 Å². The number of halogens is 1. The van der Waals surface area contributed by atoms with Crippen LogP contribution >= 0.6 is 0 Å². The lowest BCUT2D eigenvalue weighted by atomic mass is 9.92. The number of hydrogen-bond donors (Lipinski definition) is 0. The zero-order valence-corrected chi connectivity index (χ0v) is 12.6. The van der Waals surface area contributed by atoms with Crippen LogP contribution in [-0.4, -0.2) is 30.6 Å². The highest BCUT2D eigenvalue weighted by Crippen LogP contribution is 2.27. The van der Waals surface area contributed by atoms with Gasteiger partial charge in [-0.05, 0) is 30.4 Å². The first-order valence-corrected chi connectivity index (χ1v) is 7.43. The lowest BCUT2D eigenvalue weighted by Crippen LogP contribution is -2.36. The van der Waals surface area contributed by atoms with Gasteiger partial charge in [0.2, 0.25) is 5.83 Å². The number of hydrogen-bond acceptors (Lipinski definition) is 3. The molecule has 1 aromatic carbocycles. The van der Waals surface area contributed by atoms with Crippen LogP contribution in [-0.2, 0) is 16.1 Å². The third-order valence-corrected chi connectivity index (χ3v) is 3.81. The number of benzene rings is 1. The summed E-state index contributed by atoms with van der Waals surface area (Å²) >= 11 is 0. The number of carbonyl (C=O) groups is 1. The summed E-state index contributed by atoms with van der Waals surface area (Å²) < 4.78 is 18.8. The summed E-state index contributed by atoms with van der Waals surface area (Å²) in [5.41, 5.74) is 1.85. The summed E-state index contributed by atoms with van der Waals surface area (Å²) in [6, 6.07) is 10.2. The summed E-state index contributed by atoms with van der Waals surface area (Å²) in [7, 11) is 0. The Morgan fingerprint density at radius 3 is 2.71 bits per heavy atom. The van der Waals surface area contributed by atoms with Crippen LogP contribution in [0.25, 0.3) is 0 Å². The fraction of sp³-hybridized carbons (Fsp3) is 0.471. The molecule has 1 aliphatic heterocycles. The number of esters is 1. The highest BCUT2D eigenvalue weighted by atomic mass is 19.1. The van der Waals surface area contributed by atoms with Crippen LogP contribution in [0.1, 0.15) is 25.8 Å². The SMILES string of the molecule is CCOC(=O)/C(F)=C1/CCN(Cc2ccccc2)CC1C. The van der Waals surface area contributed by atoms with Crippen molar-refractivity contribution in [3.63, 3.8) is 0 Å². The van der Waals surface area contributed by atoms with Crippen molar-refractivity contribution in [3.05, 3.63) is 47.3 Å². The molecule has 21 heavy (non-hydrogen) atoms. The number of likely N-dealkylation sites (tertiary alicyclic amines) is 1. The first-order chi connectivity index (χ1) is 10.1. The maximum atomic E-state index is 14.1. The molecule has 1 heterocycles. The molecule has 0 aromatic heterocycles. The zero-order valence-electron chi connectivity index (χ0n) is 12.6. The molecule has 1 aromatic rings. The van der Waals surface area contributed by atoms with Crippen molar-refractivity contribution in [1.29, 1.82) is 0 Å². The molecule has 0 saturated carbocycles. The molecule has 1 saturated heterocycles. The Morgan fingerprint density at radius 2 is 2.10 bits per heavy atom. The van der Waals surface area contributed by atoms with Crippen molar-refractivity contribution in [2.45, 2.75) is 26.8 Å². The maximum Gasteiger partial charge on any atom is 0.367 e. The Hall–Kier alpha value is -1.68. The predicted octanol–water partition coefficient (Wildman–Crippen LogP) is 3.32. The van der Waals surface area contributed by atoms with Crippen LogP contribution in [0.4, 0.5) is 4.39 Å². The van der Waals surface area contributed by atoms with Gasteiger partial charge in [0.25, 0.3) is 0 Å². The molecule has 0 N–H and O–H groups in total. The van der Waals surface area contributed by atoms with Crippen molar-refractivity contribution in [1.82, 2.24) is 4.90 Å². The van der Waals surface area contributed by atoms with Crippen LogP contribution in [0.5, 0.6) is 0 Å². The van der Waals surface area contributed by atoms with Gasteiger partial charge < -0.3 is 4.74 Å². The van der Waals surface area contributed by atoms with Gasteiger partial charge >= 0.3 is 5.97 Å². The Balaban J connectivity index is 1.99. The average molecular weight is 291 g/mol. The highest BCUT2D eigenvalue weighted by Gasteiger charge is 2.27. The third-order valence-electron chi connectivity index (χ3n) is 3.81. The van der Waals surface area contributed by atoms with E-state index in [0.717, 1.165) is 19.6 Å². The topological polar surface area (TPSA) is 29.5 Å². The molecule has 1 fully saturated rings. The largest absolute Gasteiger partial charge is 0.461 e. The number of nitrogens with zero attached hydrogens (tertiary/aromatic N) is 1. The zero-order chi connectivity index (χ0) is 15.2. The van der Waals surface area contributed by atoms with E-state index in [-0.39, 0.29) is 12.5 Å². The smallest absolute Gasteiger partial charge is 0.367 e. The first-order valence-electron chi connectivity index (χ1n) is 7.43. The molecular weight excluding hydrogens is 269 g/mol. The highest BCUT2D eigenvalue weighted by molar-refractivity contribution is 5.87.